The molecule has 110 valence electrons. The second-order valence-electron chi connectivity index (χ2n) is 6.52. The highest BCUT2D eigenvalue weighted by Gasteiger charge is 2.32. The average Bonchev–Trinajstić information content (AvgIpc) is 2.48. The van der Waals surface area contributed by atoms with E-state index >= 15 is 0 Å². The number of nitrogens with zero attached hydrogens (tertiary/aromatic N) is 1. The predicted octanol–water partition coefficient (Wildman–Crippen LogP) is 2.59. The second kappa shape index (κ2) is 5.74. The van der Waals surface area contributed by atoms with Crippen LogP contribution in [0.3, 0.4) is 0 Å². The van der Waals surface area contributed by atoms with Crippen LogP contribution < -0.4 is 10.1 Å². The summed E-state index contributed by atoms with van der Waals surface area (Å²) in [7, 11) is 2.22. The van der Waals surface area contributed by atoms with Gasteiger partial charge in [-0.15, -0.1) is 0 Å². The third-order valence-electron chi connectivity index (χ3n) is 4.99. The van der Waals surface area contributed by atoms with E-state index in [0.717, 1.165) is 31.9 Å². The molecule has 0 saturated carbocycles. The van der Waals surface area contributed by atoms with Gasteiger partial charge in [0.25, 0.3) is 0 Å². The van der Waals surface area contributed by atoms with Crippen molar-refractivity contribution < 1.29 is 4.74 Å². The second-order valence-corrected chi connectivity index (χ2v) is 6.52. The van der Waals surface area contributed by atoms with Crippen molar-refractivity contribution in [1.29, 1.82) is 0 Å². The van der Waals surface area contributed by atoms with Gasteiger partial charge in [0.1, 0.15) is 12.4 Å². The van der Waals surface area contributed by atoms with E-state index in [-0.39, 0.29) is 5.54 Å². The zero-order chi connectivity index (χ0) is 14.0. The molecule has 1 saturated heterocycles. The smallest absolute Gasteiger partial charge is 0.119 e. The monoisotopic (exact) mass is 274 g/mol. The van der Waals surface area contributed by atoms with Crippen LogP contribution in [0, 0.1) is 0 Å². The lowest BCUT2D eigenvalue weighted by atomic mass is 9.90. The van der Waals surface area contributed by atoms with Crippen molar-refractivity contribution in [2.24, 2.45) is 0 Å². The Balaban J connectivity index is 1.66. The fourth-order valence-corrected chi connectivity index (χ4v) is 3.28. The summed E-state index contributed by atoms with van der Waals surface area (Å²) in [5.74, 6) is 1.02. The number of piperidine rings is 1. The van der Waals surface area contributed by atoms with Gasteiger partial charge in [-0.2, -0.15) is 0 Å². The average molecular weight is 274 g/mol. The Morgan fingerprint density at radius 1 is 1.30 bits per heavy atom. The molecule has 2 heterocycles. The maximum absolute atomic E-state index is 6.12. The van der Waals surface area contributed by atoms with Crippen molar-refractivity contribution in [2.45, 2.75) is 44.7 Å². The van der Waals surface area contributed by atoms with Crippen molar-refractivity contribution in [3.8, 4) is 5.75 Å². The molecule has 3 rings (SSSR count). The van der Waals surface area contributed by atoms with E-state index in [1.165, 1.54) is 36.9 Å². The molecule has 2 aliphatic heterocycles. The zero-order valence-corrected chi connectivity index (χ0v) is 12.7. The molecular formula is C17H26N2O. The highest BCUT2D eigenvalue weighted by molar-refractivity contribution is 5.37. The molecule has 0 aromatic heterocycles. The van der Waals surface area contributed by atoms with E-state index in [9.17, 15) is 0 Å². The van der Waals surface area contributed by atoms with Crippen LogP contribution in [0.4, 0.5) is 0 Å². The third kappa shape index (κ3) is 2.84. The van der Waals surface area contributed by atoms with Gasteiger partial charge in [-0.3, -0.25) is 4.90 Å². The molecule has 0 amide bonds. The number of likely N-dealkylation sites (N-methyl/N-ethyl adjacent to an activating group) is 1. The molecule has 1 atom stereocenters. The Morgan fingerprint density at radius 3 is 3.05 bits per heavy atom. The van der Waals surface area contributed by atoms with Crippen LogP contribution in [0.25, 0.3) is 0 Å². The number of rotatable bonds is 3. The molecular weight excluding hydrogens is 248 g/mol. The molecule has 1 fully saturated rings. The highest BCUT2D eigenvalue weighted by Crippen LogP contribution is 2.28. The number of nitrogens with one attached hydrogen (secondary N) is 1. The van der Waals surface area contributed by atoms with Gasteiger partial charge in [-0.05, 0) is 69.6 Å². The van der Waals surface area contributed by atoms with Crippen molar-refractivity contribution >= 4 is 0 Å². The van der Waals surface area contributed by atoms with Gasteiger partial charge in [0.05, 0.1) is 5.54 Å². The summed E-state index contributed by atoms with van der Waals surface area (Å²) in [4.78, 5) is 2.45. The maximum atomic E-state index is 6.12. The number of benzene rings is 1. The van der Waals surface area contributed by atoms with Gasteiger partial charge < -0.3 is 10.1 Å². The summed E-state index contributed by atoms with van der Waals surface area (Å²) in [5, 5.41) is 3.42. The SMILES string of the molecule is CN1CCCCC1(C)COc1ccc2c(c1)CNCC2. The summed E-state index contributed by atoms with van der Waals surface area (Å²) in [6.45, 7) is 6.37. The van der Waals surface area contributed by atoms with E-state index < -0.39 is 0 Å². The van der Waals surface area contributed by atoms with Gasteiger partial charge in [0.2, 0.25) is 0 Å². The minimum absolute atomic E-state index is 0.187. The maximum Gasteiger partial charge on any atom is 0.119 e. The topological polar surface area (TPSA) is 24.5 Å². The van der Waals surface area contributed by atoms with E-state index in [4.69, 9.17) is 4.74 Å². The van der Waals surface area contributed by atoms with Crippen LogP contribution in [-0.2, 0) is 13.0 Å². The number of likely N-dealkylation sites (tertiary alicyclic amines) is 1. The molecule has 1 N–H and O–H groups in total. The first kappa shape index (κ1) is 13.9. The largest absolute Gasteiger partial charge is 0.492 e. The summed E-state index contributed by atoms with van der Waals surface area (Å²) in [6.07, 6.45) is 5.00. The lowest BCUT2D eigenvalue weighted by Gasteiger charge is -2.42. The number of hydrogen-bond donors (Lipinski definition) is 1. The number of ether oxygens (including phenoxy) is 1. The summed E-state index contributed by atoms with van der Waals surface area (Å²) in [5.41, 5.74) is 3.06. The Kier molecular flexibility index (Phi) is 3.99. The molecule has 2 aliphatic rings. The Hall–Kier alpha value is -1.06. The highest BCUT2D eigenvalue weighted by atomic mass is 16.5. The van der Waals surface area contributed by atoms with Gasteiger partial charge in [0.15, 0.2) is 0 Å². The van der Waals surface area contributed by atoms with E-state index in [1.54, 1.807) is 0 Å². The van der Waals surface area contributed by atoms with Crippen molar-refractivity contribution in [1.82, 2.24) is 10.2 Å². The van der Waals surface area contributed by atoms with Crippen molar-refractivity contribution in [3.63, 3.8) is 0 Å². The number of hydrogen-bond acceptors (Lipinski definition) is 3. The molecule has 0 spiro atoms. The standard InChI is InChI=1S/C17H26N2O/c1-17(8-3-4-10-19(17)2)13-20-16-6-5-14-7-9-18-12-15(14)11-16/h5-6,11,18H,3-4,7-10,12-13H2,1-2H3. The molecule has 0 bridgehead atoms. The molecule has 0 aliphatic carbocycles. The zero-order valence-electron chi connectivity index (χ0n) is 12.7. The molecule has 3 heteroatoms. The molecule has 3 nitrogen and oxygen atoms in total. The van der Waals surface area contributed by atoms with E-state index in [1.807, 2.05) is 0 Å². The molecule has 1 unspecified atom stereocenters. The van der Waals surface area contributed by atoms with Crippen LogP contribution in [0.2, 0.25) is 0 Å². The fourth-order valence-electron chi connectivity index (χ4n) is 3.28. The Morgan fingerprint density at radius 2 is 2.20 bits per heavy atom. The van der Waals surface area contributed by atoms with E-state index in [2.05, 4.69) is 42.4 Å². The van der Waals surface area contributed by atoms with Crippen LogP contribution in [0.5, 0.6) is 5.75 Å². The summed E-state index contributed by atoms with van der Waals surface area (Å²) >= 11 is 0. The van der Waals surface area contributed by atoms with Gasteiger partial charge in [-0.25, -0.2) is 0 Å². The van der Waals surface area contributed by atoms with Gasteiger partial charge in [0, 0.05) is 6.54 Å². The van der Waals surface area contributed by atoms with Crippen LogP contribution >= 0.6 is 0 Å². The summed E-state index contributed by atoms with van der Waals surface area (Å²) in [6, 6.07) is 6.59. The Bertz CT molecular complexity index is 474. The minimum Gasteiger partial charge on any atom is -0.492 e. The lowest BCUT2D eigenvalue weighted by Crippen LogP contribution is -2.51. The lowest BCUT2D eigenvalue weighted by molar-refractivity contribution is 0.0420. The third-order valence-corrected chi connectivity index (χ3v) is 4.99. The predicted molar refractivity (Wildman–Crippen MR) is 82.2 cm³/mol. The number of fused-ring (bicyclic) bond motifs is 1. The fraction of sp³-hybridized carbons (Fsp3) is 0.647. The molecule has 1 aromatic carbocycles. The summed E-state index contributed by atoms with van der Waals surface area (Å²) < 4.78 is 6.12. The normalized spacial score (nSPS) is 27.1. The van der Waals surface area contributed by atoms with Crippen LogP contribution in [0.15, 0.2) is 18.2 Å². The minimum atomic E-state index is 0.187. The molecule has 20 heavy (non-hydrogen) atoms. The quantitative estimate of drug-likeness (QED) is 0.917. The van der Waals surface area contributed by atoms with Crippen molar-refractivity contribution in [2.75, 3.05) is 26.7 Å². The van der Waals surface area contributed by atoms with Gasteiger partial charge in [-0.1, -0.05) is 12.5 Å². The molecule has 1 aromatic rings. The first-order chi connectivity index (χ1) is 9.67. The Labute approximate surface area is 122 Å². The molecule has 0 radical (unpaired) electrons. The van der Waals surface area contributed by atoms with Crippen molar-refractivity contribution in [3.05, 3.63) is 29.3 Å². The van der Waals surface area contributed by atoms with Gasteiger partial charge >= 0.3 is 0 Å². The van der Waals surface area contributed by atoms with E-state index in [0.29, 0.717) is 0 Å². The van der Waals surface area contributed by atoms with Crippen LogP contribution in [0.1, 0.15) is 37.3 Å². The first-order valence-corrected chi connectivity index (χ1v) is 7.84. The van der Waals surface area contributed by atoms with Crippen LogP contribution in [-0.4, -0.2) is 37.2 Å². The first-order valence-electron chi connectivity index (χ1n) is 7.84.